The Morgan fingerprint density at radius 1 is 1.43 bits per heavy atom. The Labute approximate surface area is 139 Å². The van der Waals surface area contributed by atoms with Gasteiger partial charge in [0.25, 0.3) is 0 Å². The van der Waals surface area contributed by atoms with Crippen molar-refractivity contribution in [1.82, 2.24) is 10.2 Å². The molecule has 1 fully saturated rings. The number of alkyl carbamates (subject to hydrolysis) is 1. The standard InChI is InChI=1S/C14H27N2O3.CH3.Sn/c1-4-8-18-9-10-19-14(17)15-7-6-12(3)16-11-13(16)5-2;;/h12-13H,1,4-11H2,2-3H3,(H,15,17);1H3;. The maximum absolute atomic E-state index is 11.5. The summed E-state index contributed by atoms with van der Waals surface area (Å²) in [6, 6.07) is 1.31. The molecule has 2 radical (unpaired) electrons. The molecule has 3 atom stereocenters. The van der Waals surface area contributed by atoms with E-state index in [2.05, 4.69) is 29.0 Å². The quantitative estimate of drug-likeness (QED) is 0.307. The number of ether oxygens (including phenoxy) is 2. The van der Waals surface area contributed by atoms with Crippen molar-refractivity contribution in [3.63, 3.8) is 0 Å². The van der Waals surface area contributed by atoms with Gasteiger partial charge in [0.1, 0.15) is 0 Å². The molecule has 3 unspecified atom stereocenters. The molecule has 0 aromatic rings. The molecule has 0 aromatic heterocycles. The van der Waals surface area contributed by atoms with E-state index in [1.54, 1.807) is 0 Å². The molecule has 0 aliphatic carbocycles. The van der Waals surface area contributed by atoms with Gasteiger partial charge in [-0.25, -0.2) is 0 Å². The van der Waals surface area contributed by atoms with E-state index in [9.17, 15) is 4.79 Å². The Morgan fingerprint density at radius 3 is 2.90 bits per heavy atom. The summed E-state index contributed by atoms with van der Waals surface area (Å²) in [4.78, 5) is 16.3. The molecule has 1 rings (SSSR count). The van der Waals surface area contributed by atoms with Gasteiger partial charge >= 0.3 is 101 Å². The van der Waals surface area contributed by atoms with Crippen molar-refractivity contribution in [2.45, 2.75) is 54.6 Å². The number of hydrogen-bond donors (Lipinski definition) is 1. The first-order valence-corrected chi connectivity index (χ1v) is 12.9. The van der Waals surface area contributed by atoms with E-state index in [0.29, 0.717) is 25.8 Å². The Balaban J connectivity index is 1.87. The number of nitrogens with one attached hydrogen (secondary N) is 1. The molecular formula is C15H30N2O3Sn. The van der Waals surface area contributed by atoms with Crippen LogP contribution in [-0.4, -0.2) is 77.1 Å². The van der Waals surface area contributed by atoms with Crippen LogP contribution in [0.4, 0.5) is 4.79 Å². The van der Waals surface area contributed by atoms with Crippen molar-refractivity contribution < 1.29 is 14.3 Å². The average Bonchev–Trinajstić information content (AvgIpc) is 3.26. The number of nitrogens with zero attached hydrogens (tertiary/aromatic N) is 1. The predicted octanol–water partition coefficient (Wildman–Crippen LogP) is 2.16. The van der Waals surface area contributed by atoms with Crippen molar-refractivity contribution in [3.8, 4) is 0 Å². The first-order chi connectivity index (χ1) is 10.2. The zero-order valence-corrected chi connectivity index (χ0v) is 16.5. The molecule has 1 aliphatic rings. The van der Waals surface area contributed by atoms with Crippen LogP contribution in [0.1, 0.15) is 33.1 Å². The number of carbonyl (C=O) groups is 1. The zero-order valence-electron chi connectivity index (χ0n) is 13.7. The van der Waals surface area contributed by atoms with Crippen molar-refractivity contribution in [3.05, 3.63) is 0 Å². The summed E-state index contributed by atoms with van der Waals surface area (Å²) in [6.45, 7) is 7.97. The van der Waals surface area contributed by atoms with E-state index in [-0.39, 0.29) is 27.2 Å². The van der Waals surface area contributed by atoms with Crippen LogP contribution in [0.2, 0.25) is 9.38 Å². The molecule has 1 saturated heterocycles. The second kappa shape index (κ2) is 11.5. The second-order valence-electron chi connectivity index (χ2n) is 5.53. The Hall–Kier alpha value is -0.0113. The summed E-state index contributed by atoms with van der Waals surface area (Å²) >= 11 is -0.0714. The van der Waals surface area contributed by atoms with Crippen LogP contribution >= 0.6 is 0 Å². The molecule has 0 saturated carbocycles. The summed E-state index contributed by atoms with van der Waals surface area (Å²) in [5.41, 5.74) is 0. The molecule has 1 aliphatic heterocycles. The van der Waals surface area contributed by atoms with Gasteiger partial charge in [0.05, 0.1) is 0 Å². The fraction of sp³-hybridized carbons (Fsp3) is 0.933. The van der Waals surface area contributed by atoms with E-state index >= 15 is 0 Å². The van der Waals surface area contributed by atoms with Crippen LogP contribution in [0.15, 0.2) is 0 Å². The molecule has 122 valence electrons. The summed E-state index contributed by atoms with van der Waals surface area (Å²) < 4.78 is 11.8. The van der Waals surface area contributed by atoms with Crippen LogP contribution in [0, 0.1) is 0 Å². The average molecular weight is 405 g/mol. The van der Waals surface area contributed by atoms with Gasteiger partial charge in [0.15, 0.2) is 0 Å². The Bertz CT molecular complexity index is 292. The third-order valence-electron chi connectivity index (χ3n) is 3.80. The number of amides is 1. The zero-order chi connectivity index (χ0) is 15.5. The van der Waals surface area contributed by atoms with Crippen LogP contribution in [0.25, 0.3) is 0 Å². The molecule has 0 bridgehead atoms. The van der Waals surface area contributed by atoms with Gasteiger partial charge in [-0.15, -0.1) is 0 Å². The molecule has 0 aromatic carbocycles. The van der Waals surface area contributed by atoms with Crippen LogP contribution in [0.5, 0.6) is 0 Å². The molecule has 21 heavy (non-hydrogen) atoms. The van der Waals surface area contributed by atoms with Gasteiger partial charge in [0.2, 0.25) is 0 Å². The van der Waals surface area contributed by atoms with E-state index in [0.717, 1.165) is 25.5 Å². The van der Waals surface area contributed by atoms with Crippen LogP contribution in [-0.2, 0) is 9.47 Å². The van der Waals surface area contributed by atoms with Crippen LogP contribution < -0.4 is 5.32 Å². The first kappa shape index (κ1) is 19.0. The van der Waals surface area contributed by atoms with E-state index in [1.165, 1.54) is 17.4 Å². The van der Waals surface area contributed by atoms with Gasteiger partial charge in [-0.05, 0) is 13.3 Å². The maximum atomic E-state index is 11.5. The molecule has 1 amide bonds. The number of carbonyl (C=O) groups excluding carboxylic acids is 1. The molecule has 1 N–H and O–H groups in total. The van der Waals surface area contributed by atoms with E-state index < -0.39 is 0 Å². The van der Waals surface area contributed by atoms with Gasteiger partial charge in [-0.2, -0.15) is 0 Å². The fourth-order valence-electron chi connectivity index (χ4n) is 2.35. The first-order valence-electron chi connectivity index (χ1n) is 8.07. The Morgan fingerprint density at radius 2 is 2.24 bits per heavy atom. The SMILES string of the molecule is CCC1CN1C(C)CCNC(=O)OCCOCC[CH2][Sn][CH3]. The van der Waals surface area contributed by atoms with Crippen molar-refractivity contribution >= 4 is 27.2 Å². The van der Waals surface area contributed by atoms with Crippen molar-refractivity contribution in [1.29, 1.82) is 0 Å². The molecule has 1 heterocycles. The number of hydrogen-bond acceptors (Lipinski definition) is 4. The predicted molar refractivity (Wildman–Crippen MR) is 86.1 cm³/mol. The van der Waals surface area contributed by atoms with Gasteiger partial charge < -0.3 is 0 Å². The minimum atomic E-state index is -0.328. The molecule has 5 nitrogen and oxygen atoms in total. The summed E-state index contributed by atoms with van der Waals surface area (Å²) in [5.74, 6) is 0. The monoisotopic (exact) mass is 406 g/mol. The molecular weight excluding hydrogens is 375 g/mol. The summed E-state index contributed by atoms with van der Waals surface area (Å²) in [6.07, 6.45) is 3.03. The van der Waals surface area contributed by atoms with E-state index in [1.807, 2.05) is 0 Å². The fourth-order valence-corrected chi connectivity index (χ4v) is 3.77. The van der Waals surface area contributed by atoms with Crippen molar-refractivity contribution in [2.24, 2.45) is 0 Å². The topological polar surface area (TPSA) is 50.6 Å². The third kappa shape index (κ3) is 8.88. The number of rotatable bonds is 12. The molecule has 6 heteroatoms. The van der Waals surface area contributed by atoms with E-state index in [4.69, 9.17) is 9.47 Å². The van der Waals surface area contributed by atoms with Gasteiger partial charge in [0, 0.05) is 12.6 Å². The molecule has 0 spiro atoms. The van der Waals surface area contributed by atoms with Crippen LogP contribution in [0.3, 0.4) is 0 Å². The third-order valence-corrected chi connectivity index (χ3v) is 6.24. The van der Waals surface area contributed by atoms with Gasteiger partial charge in [-0.3, -0.25) is 4.90 Å². The normalized spacial score (nSPS) is 21.9. The summed E-state index contributed by atoms with van der Waals surface area (Å²) in [7, 11) is 0. The Kier molecular flexibility index (Phi) is 10.5. The second-order valence-corrected chi connectivity index (χ2v) is 8.97. The van der Waals surface area contributed by atoms with Crippen molar-refractivity contribution in [2.75, 3.05) is 32.9 Å². The summed E-state index contributed by atoms with van der Waals surface area (Å²) in [5, 5.41) is 2.80. The van der Waals surface area contributed by atoms with Gasteiger partial charge in [-0.1, -0.05) is 6.92 Å². The minimum absolute atomic E-state index is 0.0714.